The normalized spacial score (nSPS) is 12.7. The highest BCUT2D eigenvalue weighted by Gasteiger charge is 2.27. The van der Waals surface area contributed by atoms with Gasteiger partial charge in [-0.05, 0) is 56.2 Å². The number of amides is 2. The summed E-state index contributed by atoms with van der Waals surface area (Å²) in [6, 6.07) is 9.48. The third-order valence-electron chi connectivity index (χ3n) is 4.75. The maximum atomic E-state index is 13.1. The summed E-state index contributed by atoms with van der Waals surface area (Å²) < 4.78 is 6.42. The number of nitrogens with zero attached hydrogens (tertiary/aromatic N) is 1. The molecule has 0 saturated heterocycles. The predicted octanol–water partition coefficient (Wildman–Crippen LogP) is 6.12. The van der Waals surface area contributed by atoms with Gasteiger partial charge in [-0.2, -0.15) is 0 Å². The van der Waals surface area contributed by atoms with Crippen molar-refractivity contribution in [2.24, 2.45) is 0 Å². The minimum atomic E-state index is -0.722. The van der Waals surface area contributed by atoms with Crippen LogP contribution in [0.15, 0.2) is 40.9 Å². The van der Waals surface area contributed by atoms with Crippen LogP contribution in [-0.2, 0) is 16.1 Å². The molecule has 0 fully saturated rings. The zero-order chi connectivity index (χ0) is 23.1. The Morgan fingerprint density at radius 2 is 1.77 bits per heavy atom. The SMILES string of the molecule is CC[C@@H](C)NC(=O)[C@H](C)N(Cc1ccc(Cl)c(Cl)c1)C(=O)COc1ccc(Br)cc1Cl. The highest BCUT2D eigenvalue weighted by atomic mass is 79.9. The van der Waals surface area contributed by atoms with E-state index in [1.165, 1.54) is 4.90 Å². The smallest absolute Gasteiger partial charge is 0.261 e. The van der Waals surface area contributed by atoms with Crippen LogP contribution in [0.1, 0.15) is 32.8 Å². The topological polar surface area (TPSA) is 58.6 Å². The van der Waals surface area contributed by atoms with E-state index in [9.17, 15) is 9.59 Å². The van der Waals surface area contributed by atoms with Crippen molar-refractivity contribution in [1.29, 1.82) is 0 Å². The third kappa shape index (κ3) is 7.56. The summed E-state index contributed by atoms with van der Waals surface area (Å²) in [6.07, 6.45) is 0.782. The van der Waals surface area contributed by atoms with Crippen LogP contribution in [0.25, 0.3) is 0 Å². The molecule has 0 aromatic heterocycles. The van der Waals surface area contributed by atoms with Gasteiger partial charge < -0.3 is 15.0 Å². The highest BCUT2D eigenvalue weighted by Crippen LogP contribution is 2.28. The standard InChI is InChI=1S/C22H24BrCl3N2O3/c1-4-13(2)27-22(30)14(3)28(11-15-5-7-17(24)18(25)9-15)21(29)12-31-20-8-6-16(23)10-19(20)26/h5-10,13-14H,4,11-12H2,1-3H3,(H,27,30)/t13-,14+/m1/s1. The molecule has 0 saturated carbocycles. The number of carbonyl (C=O) groups excluding carboxylic acids is 2. The van der Waals surface area contributed by atoms with Gasteiger partial charge in [-0.1, -0.05) is 63.7 Å². The van der Waals surface area contributed by atoms with Crippen LogP contribution in [0.2, 0.25) is 15.1 Å². The van der Waals surface area contributed by atoms with Gasteiger partial charge in [0.1, 0.15) is 11.8 Å². The van der Waals surface area contributed by atoms with E-state index in [2.05, 4.69) is 21.2 Å². The molecule has 1 N–H and O–H groups in total. The molecule has 2 amide bonds. The third-order valence-corrected chi connectivity index (χ3v) is 6.28. The van der Waals surface area contributed by atoms with Gasteiger partial charge >= 0.3 is 0 Å². The van der Waals surface area contributed by atoms with Crippen molar-refractivity contribution < 1.29 is 14.3 Å². The molecular formula is C22H24BrCl3N2O3. The number of halogens is 4. The number of benzene rings is 2. The fourth-order valence-corrected chi connectivity index (χ4v) is 3.75. The minimum Gasteiger partial charge on any atom is -0.482 e. The summed E-state index contributed by atoms with van der Waals surface area (Å²) in [7, 11) is 0. The van der Waals surface area contributed by atoms with Gasteiger partial charge in [-0.3, -0.25) is 9.59 Å². The second-order valence-corrected chi connectivity index (χ2v) is 9.26. The van der Waals surface area contributed by atoms with E-state index >= 15 is 0 Å². The van der Waals surface area contributed by atoms with E-state index in [-0.39, 0.29) is 31.0 Å². The molecule has 31 heavy (non-hydrogen) atoms. The Morgan fingerprint density at radius 1 is 1.06 bits per heavy atom. The molecule has 0 unspecified atom stereocenters. The Hall–Kier alpha value is -1.47. The van der Waals surface area contributed by atoms with Gasteiger partial charge in [-0.15, -0.1) is 0 Å². The number of hydrogen-bond acceptors (Lipinski definition) is 3. The molecule has 0 aliphatic rings. The summed E-state index contributed by atoms with van der Waals surface area (Å²) in [5.41, 5.74) is 0.743. The second kappa shape index (κ2) is 12.0. The van der Waals surface area contributed by atoms with E-state index in [1.807, 2.05) is 13.8 Å². The average Bonchev–Trinajstić information content (AvgIpc) is 2.72. The molecule has 0 aliphatic carbocycles. The van der Waals surface area contributed by atoms with E-state index in [1.54, 1.807) is 43.3 Å². The molecule has 2 rings (SSSR count). The van der Waals surface area contributed by atoms with Crippen molar-refractivity contribution in [3.63, 3.8) is 0 Å². The quantitative estimate of drug-likeness (QED) is 0.409. The van der Waals surface area contributed by atoms with Crippen molar-refractivity contribution in [3.8, 4) is 5.75 Å². The fourth-order valence-electron chi connectivity index (χ4n) is 2.70. The van der Waals surface area contributed by atoms with Crippen molar-refractivity contribution in [1.82, 2.24) is 10.2 Å². The van der Waals surface area contributed by atoms with E-state index in [0.29, 0.717) is 20.8 Å². The number of carbonyl (C=O) groups is 2. The van der Waals surface area contributed by atoms with Crippen LogP contribution in [0, 0.1) is 0 Å². The molecule has 0 aliphatic heterocycles. The molecule has 2 atom stereocenters. The molecule has 0 radical (unpaired) electrons. The fraction of sp³-hybridized carbons (Fsp3) is 0.364. The number of nitrogens with one attached hydrogen (secondary N) is 1. The molecule has 0 heterocycles. The van der Waals surface area contributed by atoms with Crippen molar-refractivity contribution in [3.05, 3.63) is 61.5 Å². The molecule has 0 spiro atoms. The Balaban J connectivity index is 2.20. The van der Waals surface area contributed by atoms with Gasteiger partial charge in [0.15, 0.2) is 6.61 Å². The van der Waals surface area contributed by atoms with Gasteiger partial charge in [-0.25, -0.2) is 0 Å². The summed E-state index contributed by atoms with van der Waals surface area (Å²) in [4.78, 5) is 27.2. The highest BCUT2D eigenvalue weighted by molar-refractivity contribution is 9.10. The Bertz CT molecular complexity index is 942. The molecular weight excluding hydrogens is 527 g/mol. The zero-order valence-corrected chi connectivity index (χ0v) is 21.3. The van der Waals surface area contributed by atoms with Crippen molar-refractivity contribution in [2.45, 2.75) is 45.8 Å². The molecule has 2 aromatic carbocycles. The van der Waals surface area contributed by atoms with Crippen LogP contribution in [-0.4, -0.2) is 35.4 Å². The van der Waals surface area contributed by atoms with Gasteiger partial charge in [0, 0.05) is 17.1 Å². The number of ether oxygens (including phenoxy) is 1. The predicted molar refractivity (Wildman–Crippen MR) is 129 cm³/mol. The first-order valence-electron chi connectivity index (χ1n) is 9.74. The lowest BCUT2D eigenvalue weighted by Gasteiger charge is -2.29. The summed E-state index contributed by atoms with van der Waals surface area (Å²) in [5, 5.41) is 4.08. The van der Waals surface area contributed by atoms with Crippen LogP contribution < -0.4 is 10.1 Å². The lowest BCUT2D eigenvalue weighted by atomic mass is 10.1. The van der Waals surface area contributed by atoms with Gasteiger partial charge in [0.05, 0.1) is 15.1 Å². The largest absolute Gasteiger partial charge is 0.482 e. The Morgan fingerprint density at radius 3 is 2.39 bits per heavy atom. The summed E-state index contributed by atoms with van der Waals surface area (Å²) in [6.45, 7) is 5.46. The van der Waals surface area contributed by atoms with Crippen LogP contribution in [0.3, 0.4) is 0 Å². The van der Waals surface area contributed by atoms with Crippen molar-refractivity contribution in [2.75, 3.05) is 6.61 Å². The molecule has 9 heteroatoms. The van der Waals surface area contributed by atoms with Crippen LogP contribution in [0.5, 0.6) is 5.75 Å². The molecule has 5 nitrogen and oxygen atoms in total. The Kier molecular flexibility index (Phi) is 9.94. The summed E-state index contributed by atoms with van der Waals surface area (Å²) in [5.74, 6) is -0.231. The second-order valence-electron chi connectivity index (χ2n) is 7.13. The minimum absolute atomic E-state index is 0.00491. The first-order chi connectivity index (χ1) is 14.6. The van der Waals surface area contributed by atoms with E-state index in [4.69, 9.17) is 39.5 Å². The van der Waals surface area contributed by atoms with Crippen molar-refractivity contribution >= 4 is 62.5 Å². The van der Waals surface area contributed by atoms with Gasteiger partial charge in [0.25, 0.3) is 5.91 Å². The zero-order valence-electron chi connectivity index (χ0n) is 17.4. The van der Waals surface area contributed by atoms with Gasteiger partial charge in [0.2, 0.25) is 5.91 Å². The first-order valence-corrected chi connectivity index (χ1v) is 11.7. The molecule has 0 bridgehead atoms. The Labute approximate surface area is 206 Å². The lowest BCUT2D eigenvalue weighted by molar-refractivity contribution is -0.142. The van der Waals surface area contributed by atoms with Crippen LogP contribution >= 0.6 is 50.7 Å². The maximum Gasteiger partial charge on any atom is 0.261 e. The van der Waals surface area contributed by atoms with Crippen LogP contribution in [0.4, 0.5) is 0 Å². The lowest BCUT2D eigenvalue weighted by Crippen LogP contribution is -2.50. The molecule has 2 aromatic rings. The summed E-state index contributed by atoms with van der Waals surface area (Å²) >= 11 is 21.6. The monoisotopic (exact) mass is 548 g/mol. The maximum absolute atomic E-state index is 13.1. The number of rotatable bonds is 9. The first kappa shape index (κ1) is 25.8. The van der Waals surface area contributed by atoms with E-state index < -0.39 is 6.04 Å². The van der Waals surface area contributed by atoms with E-state index in [0.717, 1.165) is 16.5 Å². The number of hydrogen-bond donors (Lipinski definition) is 1. The average molecular weight is 551 g/mol. The molecule has 168 valence electrons.